The van der Waals surface area contributed by atoms with Crippen LogP contribution in [0.25, 0.3) is 0 Å². The summed E-state index contributed by atoms with van der Waals surface area (Å²) < 4.78 is 8.05. The number of amides is 1. The maximum atomic E-state index is 11.8. The van der Waals surface area contributed by atoms with Gasteiger partial charge in [-0.2, -0.15) is 0 Å². The first-order valence-corrected chi connectivity index (χ1v) is 6.22. The monoisotopic (exact) mass is 273 g/mol. The molecule has 1 rings (SSSR count). The van der Waals surface area contributed by atoms with E-state index in [1.54, 1.807) is 0 Å². The van der Waals surface area contributed by atoms with E-state index in [4.69, 9.17) is 0 Å². The van der Waals surface area contributed by atoms with Crippen molar-refractivity contribution < 1.29 is 19.4 Å². The Labute approximate surface area is 108 Å². The summed E-state index contributed by atoms with van der Waals surface area (Å²) in [5.41, 5.74) is 0.632. The number of nitrogens with one attached hydrogen (secondary N) is 1. The largest absolute Gasteiger partial charge is 0.467 e. The third-order valence-corrected chi connectivity index (χ3v) is 2.94. The van der Waals surface area contributed by atoms with Crippen LogP contribution < -0.4 is 5.32 Å². The van der Waals surface area contributed by atoms with Crippen LogP contribution in [0, 0.1) is 0 Å². The lowest BCUT2D eigenvalue weighted by atomic mass is 10.2. The van der Waals surface area contributed by atoms with Crippen LogP contribution in [0.5, 0.6) is 0 Å². The minimum Gasteiger partial charge on any atom is -0.467 e. The van der Waals surface area contributed by atoms with Crippen molar-refractivity contribution in [2.24, 2.45) is 0 Å². The summed E-state index contributed by atoms with van der Waals surface area (Å²) >= 11 is 0.992. The summed E-state index contributed by atoms with van der Waals surface area (Å²) in [5, 5.41) is 15.6. The number of rotatable bonds is 6. The van der Waals surface area contributed by atoms with Gasteiger partial charge in [0.05, 0.1) is 19.3 Å². The number of aromatic nitrogens is 2. The molecule has 1 unspecified atom stereocenters. The molecular weight excluding hydrogens is 258 g/mol. The number of methoxy groups -OCH3 is 1. The smallest absolute Gasteiger partial charge is 0.336 e. The van der Waals surface area contributed by atoms with Crippen LogP contribution in [0.4, 0.5) is 0 Å². The highest BCUT2D eigenvalue weighted by molar-refractivity contribution is 7.08. The molecule has 7 nitrogen and oxygen atoms in total. The molecule has 0 fully saturated rings. The zero-order valence-corrected chi connectivity index (χ0v) is 11.0. The van der Waals surface area contributed by atoms with Gasteiger partial charge in [0.1, 0.15) is 4.88 Å². The first-order chi connectivity index (χ1) is 8.60. The van der Waals surface area contributed by atoms with Gasteiger partial charge in [-0.3, -0.25) is 4.79 Å². The Balaban J connectivity index is 2.55. The Morgan fingerprint density at radius 1 is 1.56 bits per heavy atom. The molecule has 2 N–H and O–H groups in total. The third kappa shape index (κ3) is 3.74. The summed E-state index contributed by atoms with van der Waals surface area (Å²) in [6.07, 6.45) is 0.157. The predicted molar refractivity (Wildman–Crippen MR) is 64.3 cm³/mol. The van der Waals surface area contributed by atoms with E-state index in [1.165, 1.54) is 7.11 Å². The zero-order chi connectivity index (χ0) is 13.5. The quantitative estimate of drug-likeness (QED) is 0.693. The number of aryl methyl sites for hydroxylation is 1. The van der Waals surface area contributed by atoms with E-state index in [-0.39, 0.29) is 6.54 Å². The van der Waals surface area contributed by atoms with Crippen LogP contribution in [0.15, 0.2) is 0 Å². The van der Waals surface area contributed by atoms with Crippen LogP contribution in [0.1, 0.15) is 28.7 Å². The molecule has 0 saturated carbocycles. The molecule has 0 saturated heterocycles. The summed E-state index contributed by atoms with van der Waals surface area (Å²) in [4.78, 5) is 23.1. The molecule has 0 aromatic carbocycles. The maximum absolute atomic E-state index is 11.8. The highest BCUT2D eigenvalue weighted by atomic mass is 32.1. The molecule has 1 atom stereocenters. The van der Waals surface area contributed by atoms with E-state index in [2.05, 4.69) is 19.6 Å². The van der Waals surface area contributed by atoms with Gasteiger partial charge in [-0.15, -0.1) is 5.10 Å². The van der Waals surface area contributed by atoms with Gasteiger partial charge in [0.2, 0.25) is 0 Å². The lowest BCUT2D eigenvalue weighted by molar-refractivity contribution is -0.149. The van der Waals surface area contributed by atoms with E-state index >= 15 is 0 Å². The number of hydrogen-bond donors (Lipinski definition) is 2. The molecule has 1 amide bonds. The minimum absolute atomic E-state index is 0.199. The Hall–Kier alpha value is -1.54. The summed E-state index contributed by atoms with van der Waals surface area (Å²) in [7, 11) is 1.17. The van der Waals surface area contributed by atoms with Crippen LogP contribution in [0.2, 0.25) is 0 Å². The van der Waals surface area contributed by atoms with Gasteiger partial charge in [0.25, 0.3) is 5.91 Å². The van der Waals surface area contributed by atoms with Crippen molar-refractivity contribution in [2.75, 3.05) is 13.7 Å². The van der Waals surface area contributed by atoms with E-state index in [0.717, 1.165) is 18.0 Å². The maximum Gasteiger partial charge on any atom is 0.336 e. The normalized spacial score (nSPS) is 11.9. The number of aliphatic hydroxyl groups is 1. The van der Waals surface area contributed by atoms with Crippen molar-refractivity contribution in [3.8, 4) is 0 Å². The highest BCUT2D eigenvalue weighted by Crippen LogP contribution is 2.12. The number of esters is 1. The van der Waals surface area contributed by atoms with Crippen molar-refractivity contribution in [3.05, 3.63) is 10.6 Å². The fourth-order valence-electron chi connectivity index (χ4n) is 1.27. The predicted octanol–water partition coefficient (Wildman–Crippen LogP) is -0.246. The number of nitrogens with zero attached hydrogens (tertiary/aromatic N) is 2. The number of hydrogen-bond acceptors (Lipinski definition) is 7. The molecule has 0 bridgehead atoms. The summed E-state index contributed by atoms with van der Waals surface area (Å²) in [6.45, 7) is 1.77. The van der Waals surface area contributed by atoms with Gasteiger partial charge < -0.3 is 15.2 Å². The Bertz CT molecular complexity index is 421. The molecule has 8 heteroatoms. The molecule has 1 aromatic rings. The molecule has 18 heavy (non-hydrogen) atoms. The van der Waals surface area contributed by atoms with Gasteiger partial charge in [0, 0.05) is 0 Å². The Morgan fingerprint density at radius 3 is 2.89 bits per heavy atom. The number of ether oxygens (including phenoxy) is 1. The van der Waals surface area contributed by atoms with Crippen LogP contribution in [-0.4, -0.2) is 46.3 Å². The van der Waals surface area contributed by atoms with E-state index in [9.17, 15) is 14.7 Å². The number of carbonyl (C=O) groups excluding carboxylic acids is 2. The lowest BCUT2D eigenvalue weighted by Gasteiger charge is -2.09. The van der Waals surface area contributed by atoms with Gasteiger partial charge in [-0.05, 0) is 18.0 Å². The Morgan fingerprint density at radius 2 is 2.28 bits per heavy atom. The van der Waals surface area contributed by atoms with E-state index < -0.39 is 18.0 Å². The minimum atomic E-state index is -1.37. The van der Waals surface area contributed by atoms with Crippen molar-refractivity contribution in [1.82, 2.24) is 14.9 Å². The molecule has 0 aliphatic carbocycles. The standard InChI is InChI=1S/C10H15N3O4S/c1-3-4-6-8(18-13-12-6)9(15)11-5-7(14)10(16)17-2/h7,14H,3-5H2,1-2H3,(H,11,15). The molecule has 0 spiro atoms. The van der Waals surface area contributed by atoms with E-state index in [1.807, 2.05) is 6.92 Å². The van der Waals surface area contributed by atoms with Crippen molar-refractivity contribution in [1.29, 1.82) is 0 Å². The Kier molecular flexibility index (Phi) is 5.66. The van der Waals surface area contributed by atoms with Gasteiger partial charge in [-0.25, -0.2) is 4.79 Å². The molecule has 1 heterocycles. The van der Waals surface area contributed by atoms with Gasteiger partial charge in [0.15, 0.2) is 6.10 Å². The van der Waals surface area contributed by atoms with E-state index in [0.29, 0.717) is 17.0 Å². The average Bonchev–Trinajstić information content (AvgIpc) is 2.83. The van der Waals surface area contributed by atoms with Crippen LogP contribution in [-0.2, 0) is 16.0 Å². The van der Waals surface area contributed by atoms with Crippen LogP contribution in [0.3, 0.4) is 0 Å². The van der Waals surface area contributed by atoms with Crippen molar-refractivity contribution in [2.45, 2.75) is 25.9 Å². The highest BCUT2D eigenvalue weighted by Gasteiger charge is 2.19. The molecule has 1 aromatic heterocycles. The lowest BCUT2D eigenvalue weighted by Crippen LogP contribution is -2.37. The third-order valence-electron chi connectivity index (χ3n) is 2.18. The first-order valence-electron chi connectivity index (χ1n) is 5.45. The second kappa shape index (κ2) is 7.02. The van der Waals surface area contributed by atoms with Gasteiger partial charge in [-0.1, -0.05) is 17.8 Å². The van der Waals surface area contributed by atoms with Crippen molar-refractivity contribution in [3.63, 3.8) is 0 Å². The molecule has 0 aliphatic rings. The second-order valence-electron chi connectivity index (χ2n) is 3.55. The molecule has 100 valence electrons. The first kappa shape index (κ1) is 14.5. The summed E-state index contributed by atoms with van der Waals surface area (Å²) in [6, 6.07) is 0. The molecular formula is C10H15N3O4S. The number of aliphatic hydroxyl groups excluding tert-OH is 1. The average molecular weight is 273 g/mol. The van der Waals surface area contributed by atoms with Crippen LogP contribution >= 0.6 is 11.5 Å². The summed E-state index contributed by atoms with van der Waals surface area (Å²) in [5.74, 6) is -1.18. The van der Waals surface area contributed by atoms with Crippen molar-refractivity contribution >= 4 is 23.4 Å². The SMILES string of the molecule is CCCc1nnsc1C(=O)NCC(O)C(=O)OC. The number of carbonyl (C=O) groups is 2. The fourth-order valence-corrected chi connectivity index (χ4v) is 1.89. The fraction of sp³-hybridized carbons (Fsp3) is 0.600. The second-order valence-corrected chi connectivity index (χ2v) is 4.30. The zero-order valence-electron chi connectivity index (χ0n) is 10.2. The topological polar surface area (TPSA) is 101 Å². The molecule has 0 radical (unpaired) electrons. The van der Waals surface area contributed by atoms with Gasteiger partial charge >= 0.3 is 5.97 Å². The molecule has 0 aliphatic heterocycles.